The number of hydrogen-bond acceptors (Lipinski definition) is 4. The van der Waals surface area contributed by atoms with Crippen LogP contribution in [0.3, 0.4) is 0 Å². The van der Waals surface area contributed by atoms with E-state index in [0.717, 1.165) is 13.1 Å². The van der Waals surface area contributed by atoms with Crippen molar-refractivity contribution in [1.29, 1.82) is 0 Å². The molecule has 1 heterocycles. The molecule has 2 amide bonds. The molecule has 0 spiro atoms. The summed E-state index contributed by atoms with van der Waals surface area (Å²) in [6.07, 6.45) is 0. The molecule has 0 atom stereocenters. The fourth-order valence-corrected chi connectivity index (χ4v) is 1.82. The highest BCUT2D eigenvalue weighted by atomic mass is 16.5. The fraction of sp³-hybridized carbons (Fsp3) is 0.429. The lowest BCUT2D eigenvalue weighted by molar-refractivity contribution is -0.126. The summed E-state index contributed by atoms with van der Waals surface area (Å²) in [5, 5.41) is 8.59. The van der Waals surface area contributed by atoms with E-state index in [1.807, 2.05) is 0 Å². The van der Waals surface area contributed by atoms with E-state index < -0.39 is 0 Å². The maximum Gasteiger partial charge on any atom is 0.251 e. The molecule has 0 bridgehead atoms. The minimum Gasteiger partial charge on any atom is -0.497 e. The Bertz CT molecular complexity index is 469. The lowest BCUT2D eigenvalue weighted by Crippen LogP contribution is -2.51. The first-order valence-corrected chi connectivity index (χ1v) is 6.61. The second-order valence-electron chi connectivity index (χ2n) is 4.63. The van der Waals surface area contributed by atoms with Crippen LogP contribution in [-0.2, 0) is 4.79 Å². The number of methoxy groups -OCH3 is 1. The summed E-state index contributed by atoms with van der Waals surface area (Å²) in [4.78, 5) is 23.3. The van der Waals surface area contributed by atoms with Gasteiger partial charge in [0.05, 0.1) is 13.0 Å². The van der Waals surface area contributed by atoms with Crippen molar-refractivity contribution in [1.82, 2.24) is 16.0 Å². The Kier molecular flexibility index (Phi) is 4.95. The van der Waals surface area contributed by atoms with Gasteiger partial charge in [0.1, 0.15) is 5.75 Å². The van der Waals surface area contributed by atoms with E-state index in [4.69, 9.17) is 4.74 Å². The van der Waals surface area contributed by atoms with Crippen molar-refractivity contribution in [2.24, 2.45) is 5.92 Å². The van der Waals surface area contributed by atoms with Crippen molar-refractivity contribution >= 4 is 11.8 Å². The quantitative estimate of drug-likeness (QED) is 0.627. The van der Waals surface area contributed by atoms with E-state index in [9.17, 15) is 9.59 Å². The molecule has 20 heavy (non-hydrogen) atoms. The van der Waals surface area contributed by atoms with Crippen LogP contribution in [0.5, 0.6) is 5.75 Å². The molecule has 6 heteroatoms. The molecule has 1 saturated heterocycles. The Morgan fingerprint density at radius 1 is 1.20 bits per heavy atom. The largest absolute Gasteiger partial charge is 0.497 e. The lowest BCUT2D eigenvalue weighted by Gasteiger charge is -2.25. The van der Waals surface area contributed by atoms with Crippen LogP contribution in [-0.4, -0.2) is 45.1 Å². The molecule has 1 aliphatic rings. The highest BCUT2D eigenvalue weighted by molar-refractivity contribution is 5.94. The first kappa shape index (κ1) is 14.3. The van der Waals surface area contributed by atoms with E-state index in [1.165, 1.54) is 0 Å². The van der Waals surface area contributed by atoms with Gasteiger partial charge in [-0.15, -0.1) is 0 Å². The van der Waals surface area contributed by atoms with Crippen molar-refractivity contribution in [3.05, 3.63) is 29.8 Å². The molecule has 1 fully saturated rings. The summed E-state index contributed by atoms with van der Waals surface area (Å²) < 4.78 is 5.03. The normalized spacial score (nSPS) is 14.2. The van der Waals surface area contributed by atoms with E-state index in [-0.39, 0.29) is 17.7 Å². The average molecular weight is 277 g/mol. The highest BCUT2D eigenvalue weighted by Crippen LogP contribution is 2.10. The second-order valence-corrected chi connectivity index (χ2v) is 4.63. The summed E-state index contributed by atoms with van der Waals surface area (Å²) in [5.41, 5.74) is 0.570. The van der Waals surface area contributed by atoms with E-state index in [2.05, 4.69) is 16.0 Å². The first-order valence-electron chi connectivity index (χ1n) is 6.61. The Morgan fingerprint density at radius 2 is 1.85 bits per heavy atom. The summed E-state index contributed by atoms with van der Waals surface area (Å²) in [6.45, 7) is 2.34. The number of nitrogens with one attached hydrogen (secondary N) is 3. The van der Waals surface area contributed by atoms with E-state index in [1.54, 1.807) is 31.4 Å². The Labute approximate surface area is 117 Å². The maximum atomic E-state index is 11.8. The summed E-state index contributed by atoms with van der Waals surface area (Å²) in [7, 11) is 1.58. The van der Waals surface area contributed by atoms with E-state index in [0.29, 0.717) is 24.4 Å². The Morgan fingerprint density at radius 3 is 2.40 bits per heavy atom. The molecule has 1 aliphatic heterocycles. The van der Waals surface area contributed by atoms with Gasteiger partial charge >= 0.3 is 0 Å². The number of amides is 2. The fourth-order valence-electron chi connectivity index (χ4n) is 1.82. The standard InChI is InChI=1S/C14H19N3O3/c1-20-12-4-2-10(3-5-12)13(18)16-6-7-17-14(19)11-8-15-9-11/h2-5,11,15H,6-9H2,1H3,(H,16,18)(H,17,19). The summed E-state index contributed by atoms with van der Waals surface area (Å²) in [6, 6.07) is 6.88. The number of carbonyl (C=O) groups excluding carboxylic acids is 2. The van der Waals surface area contributed by atoms with Gasteiger partial charge in [-0.05, 0) is 24.3 Å². The predicted molar refractivity (Wildman–Crippen MR) is 74.7 cm³/mol. The molecule has 0 aliphatic carbocycles. The molecule has 1 aromatic rings. The van der Waals surface area contributed by atoms with Gasteiger partial charge in [-0.2, -0.15) is 0 Å². The molecule has 0 aromatic heterocycles. The number of benzene rings is 1. The highest BCUT2D eigenvalue weighted by Gasteiger charge is 2.24. The number of carbonyl (C=O) groups is 2. The summed E-state index contributed by atoms with van der Waals surface area (Å²) >= 11 is 0. The minimum atomic E-state index is -0.160. The molecule has 3 N–H and O–H groups in total. The zero-order valence-electron chi connectivity index (χ0n) is 11.4. The predicted octanol–water partition coefficient (Wildman–Crippen LogP) is -0.239. The van der Waals surface area contributed by atoms with Gasteiger partial charge in [0, 0.05) is 31.7 Å². The molecule has 1 aromatic carbocycles. The van der Waals surface area contributed by atoms with Crippen LogP contribution in [0.15, 0.2) is 24.3 Å². The van der Waals surface area contributed by atoms with Gasteiger partial charge in [0.15, 0.2) is 0 Å². The third kappa shape index (κ3) is 3.71. The Hall–Kier alpha value is -2.08. The first-order chi connectivity index (χ1) is 9.70. The lowest BCUT2D eigenvalue weighted by atomic mass is 10.0. The molecule has 6 nitrogen and oxygen atoms in total. The van der Waals surface area contributed by atoms with Gasteiger partial charge < -0.3 is 20.7 Å². The zero-order valence-corrected chi connectivity index (χ0v) is 11.4. The van der Waals surface area contributed by atoms with Crippen LogP contribution >= 0.6 is 0 Å². The van der Waals surface area contributed by atoms with Crippen LogP contribution in [0.25, 0.3) is 0 Å². The second kappa shape index (κ2) is 6.91. The van der Waals surface area contributed by atoms with Crippen LogP contribution in [0.4, 0.5) is 0 Å². The number of ether oxygens (including phenoxy) is 1. The monoisotopic (exact) mass is 277 g/mol. The SMILES string of the molecule is COc1ccc(C(=O)NCCNC(=O)C2CNC2)cc1. The molecule has 0 unspecified atom stereocenters. The van der Waals surface area contributed by atoms with Crippen molar-refractivity contribution in [3.8, 4) is 5.75 Å². The van der Waals surface area contributed by atoms with Gasteiger partial charge in [-0.1, -0.05) is 0 Å². The Balaban J connectivity index is 1.67. The smallest absolute Gasteiger partial charge is 0.251 e. The third-order valence-corrected chi connectivity index (χ3v) is 3.21. The third-order valence-electron chi connectivity index (χ3n) is 3.21. The van der Waals surface area contributed by atoms with Crippen LogP contribution in [0, 0.1) is 5.92 Å². The van der Waals surface area contributed by atoms with Crippen LogP contribution in [0.1, 0.15) is 10.4 Å². The van der Waals surface area contributed by atoms with Crippen LogP contribution < -0.4 is 20.7 Å². The molecule has 2 rings (SSSR count). The topological polar surface area (TPSA) is 79.5 Å². The average Bonchev–Trinajstić information content (AvgIpc) is 2.41. The van der Waals surface area contributed by atoms with Crippen LogP contribution in [0.2, 0.25) is 0 Å². The van der Waals surface area contributed by atoms with E-state index >= 15 is 0 Å². The molecule has 0 saturated carbocycles. The van der Waals surface area contributed by atoms with Crippen molar-refractivity contribution in [2.75, 3.05) is 33.3 Å². The molecule has 108 valence electrons. The van der Waals surface area contributed by atoms with Gasteiger partial charge in [-0.3, -0.25) is 9.59 Å². The van der Waals surface area contributed by atoms with Crippen molar-refractivity contribution in [2.45, 2.75) is 0 Å². The van der Waals surface area contributed by atoms with Crippen molar-refractivity contribution in [3.63, 3.8) is 0 Å². The summed E-state index contributed by atoms with van der Waals surface area (Å²) in [5.74, 6) is 0.671. The van der Waals surface area contributed by atoms with Gasteiger partial charge in [0.2, 0.25) is 5.91 Å². The number of rotatable bonds is 6. The zero-order chi connectivity index (χ0) is 14.4. The maximum absolute atomic E-state index is 11.8. The van der Waals surface area contributed by atoms with Crippen molar-refractivity contribution < 1.29 is 14.3 Å². The molecular weight excluding hydrogens is 258 g/mol. The molecular formula is C14H19N3O3. The van der Waals surface area contributed by atoms with Gasteiger partial charge in [0.25, 0.3) is 5.91 Å². The van der Waals surface area contributed by atoms with Gasteiger partial charge in [-0.25, -0.2) is 0 Å². The minimum absolute atomic E-state index is 0.0439. The molecule has 0 radical (unpaired) electrons. The number of hydrogen-bond donors (Lipinski definition) is 3.